The molecule has 142 valence electrons. The van der Waals surface area contributed by atoms with Crippen LogP contribution >= 0.6 is 0 Å². The third-order valence-corrected chi connectivity index (χ3v) is 6.41. The molecule has 0 aromatic heterocycles. The van der Waals surface area contributed by atoms with Crippen molar-refractivity contribution in [2.45, 2.75) is 50.1 Å². The number of ether oxygens (including phenoxy) is 2. The normalized spacial score (nSPS) is 26.5. The molecule has 5 heteroatoms. The summed E-state index contributed by atoms with van der Waals surface area (Å²) < 4.78 is 10.9. The van der Waals surface area contributed by atoms with Gasteiger partial charge in [0.05, 0.1) is 12.5 Å². The molecule has 0 bridgehead atoms. The lowest BCUT2D eigenvalue weighted by atomic mass is 9.92. The maximum atomic E-state index is 13.4. The standard InChI is InChI=1S/C21H30N2O3/c1-16-15-22(18-6-12-26-13-7-18)10-11-23(16)20(24)21(8-9-21)17-4-3-5-19(14-17)25-2/h3-5,14,16,18H,6-13,15H2,1-2H3/t16-/m0/s1. The Hall–Kier alpha value is -1.59. The molecule has 0 radical (unpaired) electrons. The maximum Gasteiger partial charge on any atom is 0.233 e. The van der Waals surface area contributed by atoms with Crippen molar-refractivity contribution in [2.75, 3.05) is 40.0 Å². The second-order valence-electron chi connectivity index (χ2n) is 8.00. The van der Waals surface area contributed by atoms with Gasteiger partial charge in [0.2, 0.25) is 5.91 Å². The van der Waals surface area contributed by atoms with Gasteiger partial charge in [-0.2, -0.15) is 0 Å². The largest absolute Gasteiger partial charge is 0.497 e. The molecule has 1 aromatic carbocycles. The number of rotatable bonds is 4. The molecule has 1 atom stereocenters. The van der Waals surface area contributed by atoms with Crippen LogP contribution in [0, 0.1) is 0 Å². The molecule has 1 saturated carbocycles. The number of carbonyl (C=O) groups excluding carboxylic acids is 1. The zero-order chi connectivity index (χ0) is 18.1. The maximum absolute atomic E-state index is 13.4. The zero-order valence-electron chi connectivity index (χ0n) is 15.9. The minimum absolute atomic E-state index is 0.266. The van der Waals surface area contributed by atoms with Gasteiger partial charge in [-0.3, -0.25) is 9.69 Å². The number of carbonyl (C=O) groups is 1. The highest BCUT2D eigenvalue weighted by molar-refractivity contribution is 5.91. The first kappa shape index (κ1) is 17.8. The van der Waals surface area contributed by atoms with Crippen LogP contribution in [0.1, 0.15) is 38.2 Å². The molecule has 2 heterocycles. The van der Waals surface area contributed by atoms with E-state index in [2.05, 4.69) is 22.8 Å². The highest BCUT2D eigenvalue weighted by Crippen LogP contribution is 2.50. The number of hydrogen-bond acceptors (Lipinski definition) is 4. The van der Waals surface area contributed by atoms with E-state index in [1.807, 2.05) is 18.2 Å². The van der Waals surface area contributed by atoms with E-state index < -0.39 is 0 Å². The Morgan fingerprint density at radius 2 is 2.00 bits per heavy atom. The summed E-state index contributed by atoms with van der Waals surface area (Å²) in [5, 5.41) is 0. The average Bonchev–Trinajstić information content (AvgIpc) is 3.50. The lowest BCUT2D eigenvalue weighted by molar-refractivity contribution is -0.139. The van der Waals surface area contributed by atoms with Crippen molar-refractivity contribution < 1.29 is 14.3 Å². The van der Waals surface area contributed by atoms with Crippen molar-refractivity contribution in [1.29, 1.82) is 0 Å². The predicted octanol–water partition coefficient (Wildman–Crippen LogP) is 2.44. The molecular formula is C21H30N2O3. The summed E-state index contributed by atoms with van der Waals surface area (Å²) >= 11 is 0. The number of benzene rings is 1. The van der Waals surface area contributed by atoms with Crippen LogP contribution in [0.25, 0.3) is 0 Å². The molecule has 5 nitrogen and oxygen atoms in total. The van der Waals surface area contributed by atoms with Crippen molar-refractivity contribution in [2.24, 2.45) is 0 Å². The Bertz CT molecular complexity index is 652. The van der Waals surface area contributed by atoms with Crippen LogP contribution in [0.15, 0.2) is 24.3 Å². The molecule has 26 heavy (non-hydrogen) atoms. The predicted molar refractivity (Wildman–Crippen MR) is 100 cm³/mol. The summed E-state index contributed by atoms with van der Waals surface area (Å²) in [6.45, 7) is 6.74. The number of nitrogens with zero attached hydrogens (tertiary/aromatic N) is 2. The lowest BCUT2D eigenvalue weighted by Crippen LogP contribution is -2.58. The average molecular weight is 358 g/mol. The monoisotopic (exact) mass is 358 g/mol. The van der Waals surface area contributed by atoms with E-state index in [1.54, 1.807) is 7.11 Å². The van der Waals surface area contributed by atoms with Gasteiger partial charge in [0.1, 0.15) is 5.75 Å². The molecule has 3 fully saturated rings. The molecular weight excluding hydrogens is 328 g/mol. The Kier molecular flexibility index (Phi) is 4.93. The van der Waals surface area contributed by atoms with E-state index in [1.165, 1.54) is 0 Å². The van der Waals surface area contributed by atoms with Crippen LogP contribution < -0.4 is 4.74 Å². The second-order valence-corrected chi connectivity index (χ2v) is 8.00. The topological polar surface area (TPSA) is 42.0 Å². The van der Waals surface area contributed by atoms with E-state index in [4.69, 9.17) is 9.47 Å². The Morgan fingerprint density at radius 1 is 1.23 bits per heavy atom. The summed E-state index contributed by atoms with van der Waals surface area (Å²) in [7, 11) is 1.68. The van der Waals surface area contributed by atoms with Crippen molar-refractivity contribution in [1.82, 2.24) is 9.80 Å². The summed E-state index contributed by atoms with van der Waals surface area (Å²) in [6.07, 6.45) is 4.14. The third kappa shape index (κ3) is 3.23. The van der Waals surface area contributed by atoms with E-state index in [0.29, 0.717) is 11.9 Å². The first-order valence-corrected chi connectivity index (χ1v) is 9.91. The summed E-state index contributed by atoms with van der Waals surface area (Å²) in [6, 6.07) is 8.94. The molecule has 0 N–H and O–H groups in total. The van der Waals surface area contributed by atoms with Crippen molar-refractivity contribution in [3.8, 4) is 5.75 Å². The fraction of sp³-hybridized carbons (Fsp3) is 0.667. The molecule has 1 amide bonds. The Balaban J connectivity index is 1.45. The smallest absolute Gasteiger partial charge is 0.233 e. The molecule has 2 saturated heterocycles. The molecule has 2 aliphatic heterocycles. The molecule has 0 unspecified atom stereocenters. The summed E-state index contributed by atoms with van der Waals surface area (Å²) in [5.74, 6) is 1.14. The highest BCUT2D eigenvalue weighted by atomic mass is 16.5. The van der Waals surface area contributed by atoms with E-state index in [0.717, 1.165) is 69.8 Å². The minimum atomic E-state index is -0.316. The van der Waals surface area contributed by atoms with Crippen LogP contribution in [0.5, 0.6) is 5.75 Å². The fourth-order valence-electron chi connectivity index (χ4n) is 4.62. The van der Waals surface area contributed by atoms with E-state index >= 15 is 0 Å². The van der Waals surface area contributed by atoms with Crippen molar-refractivity contribution in [3.05, 3.63) is 29.8 Å². The van der Waals surface area contributed by atoms with Crippen LogP contribution in [-0.2, 0) is 14.9 Å². The van der Waals surface area contributed by atoms with Gasteiger partial charge in [0, 0.05) is 44.9 Å². The van der Waals surface area contributed by atoms with Crippen LogP contribution in [-0.4, -0.2) is 67.7 Å². The summed E-state index contributed by atoms with van der Waals surface area (Å²) in [4.78, 5) is 18.1. The van der Waals surface area contributed by atoms with Crippen molar-refractivity contribution >= 4 is 5.91 Å². The number of hydrogen-bond donors (Lipinski definition) is 0. The lowest BCUT2D eigenvalue weighted by Gasteiger charge is -2.45. The summed E-state index contributed by atoms with van der Waals surface area (Å²) in [5.41, 5.74) is 0.796. The van der Waals surface area contributed by atoms with Crippen molar-refractivity contribution in [3.63, 3.8) is 0 Å². The highest BCUT2D eigenvalue weighted by Gasteiger charge is 2.54. The van der Waals surface area contributed by atoms with Crippen LogP contribution in [0.2, 0.25) is 0 Å². The molecule has 3 aliphatic rings. The molecule has 0 spiro atoms. The quantitative estimate of drug-likeness (QED) is 0.829. The fourth-order valence-corrected chi connectivity index (χ4v) is 4.62. The SMILES string of the molecule is COc1cccc(C2(C(=O)N3CCN(C4CCOCC4)C[C@@H]3C)CC2)c1. The molecule has 1 aromatic rings. The number of piperazine rings is 1. The van der Waals surface area contributed by atoms with Gasteiger partial charge in [-0.05, 0) is 50.3 Å². The Morgan fingerprint density at radius 3 is 2.65 bits per heavy atom. The number of amides is 1. The van der Waals surface area contributed by atoms with Gasteiger partial charge in [-0.25, -0.2) is 0 Å². The molecule has 1 aliphatic carbocycles. The van der Waals surface area contributed by atoms with Gasteiger partial charge in [-0.1, -0.05) is 12.1 Å². The van der Waals surface area contributed by atoms with Gasteiger partial charge in [-0.15, -0.1) is 0 Å². The van der Waals surface area contributed by atoms with Gasteiger partial charge in [0.15, 0.2) is 0 Å². The third-order valence-electron chi connectivity index (χ3n) is 6.41. The van der Waals surface area contributed by atoms with Crippen LogP contribution in [0.3, 0.4) is 0 Å². The second kappa shape index (κ2) is 7.20. The van der Waals surface area contributed by atoms with Gasteiger partial charge < -0.3 is 14.4 Å². The Labute approximate surface area is 156 Å². The first-order valence-electron chi connectivity index (χ1n) is 9.91. The molecule has 4 rings (SSSR count). The van der Waals surface area contributed by atoms with Gasteiger partial charge >= 0.3 is 0 Å². The zero-order valence-corrected chi connectivity index (χ0v) is 15.9. The number of methoxy groups -OCH3 is 1. The van der Waals surface area contributed by atoms with E-state index in [-0.39, 0.29) is 11.5 Å². The van der Waals surface area contributed by atoms with Crippen LogP contribution in [0.4, 0.5) is 0 Å². The van der Waals surface area contributed by atoms with Gasteiger partial charge in [0.25, 0.3) is 0 Å². The first-order chi connectivity index (χ1) is 12.6. The minimum Gasteiger partial charge on any atom is -0.497 e. The van der Waals surface area contributed by atoms with E-state index in [9.17, 15) is 4.79 Å².